The van der Waals surface area contributed by atoms with Crippen LogP contribution in [-0.4, -0.2) is 9.55 Å². The van der Waals surface area contributed by atoms with Crippen LogP contribution in [0.2, 0.25) is 0 Å². The number of hydrogen-bond acceptors (Lipinski definition) is 2. The molecule has 106 valence electrons. The van der Waals surface area contributed by atoms with Crippen molar-refractivity contribution < 1.29 is 0 Å². The average Bonchev–Trinajstić information content (AvgIpc) is 2.48. The van der Waals surface area contributed by atoms with Crippen LogP contribution >= 0.6 is 11.6 Å². The molecule has 0 aliphatic heterocycles. The van der Waals surface area contributed by atoms with Crippen LogP contribution in [0.4, 0.5) is 0 Å². The molecule has 0 unspecified atom stereocenters. The SMILES string of the molecule is CC1CCC(n2c(CCl)nc3ccccc3c2=O)CC1. The maximum absolute atomic E-state index is 12.8. The van der Waals surface area contributed by atoms with Crippen LogP contribution in [0.5, 0.6) is 0 Å². The predicted octanol–water partition coefficient (Wildman–Crippen LogP) is 3.89. The number of nitrogens with zero attached hydrogens (tertiary/aromatic N) is 2. The molecule has 0 spiro atoms. The van der Waals surface area contributed by atoms with E-state index in [0.717, 1.165) is 24.3 Å². The zero-order valence-corrected chi connectivity index (χ0v) is 12.4. The molecular formula is C16H19ClN2O. The molecule has 0 bridgehead atoms. The van der Waals surface area contributed by atoms with Crippen molar-refractivity contribution in [3.63, 3.8) is 0 Å². The zero-order valence-electron chi connectivity index (χ0n) is 11.7. The van der Waals surface area contributed by atoms with Crippen molar-refractivity contribution >= 4 is 22.5 Å². The van der Waals surface area contributed by atoms with Crippen molar-refractivity contribution in [2.45, 2.75) is 44.5 Å². The lowest BCUT2D eigenvalue weighted by Crippen LogP contribution is -2.31. The van der Waals surface area contributed by atoms with Gasteiger partial charge in [0, 0.05) is 6.04 Å². The van der Waals surface area contributed by atoms with Crippen molar-refractivity contribution in [3.8, 4) is 0 Å². The summed E-state index contributed by atoms with van der Waals surface area (Å²) in [5.74, 6) is 1.75. The summed E-state index contributed by atoms with van der Waals surface area (Å²) in [5.41, 5.74) is 0.805. The van der Waals surface area contributed by atoms with E-state index < -0.39 is 0 Å². The van der Waals surface area contributed by atoms with Gasteiger partial charge in [-0.25, -0.2) is 4.98 Å². The Balaban J connectivity index is 2.13. The lowest BCUT2D eigenvalue weighted by molar-refractivity contribution is 0.280. The van der Waals surface area contributed by atoms with E-state index in [-0.39, 0.29) is 17.5 Å². The highest BCUT2D eigenvalue weighted by Crippen LogP contribution is 2.32. The van der Waals surface area contributed by atoms with Gasteiger partial charge in [-0.1, -0.05) is 19.1 Å². The summed E-state index contributed by atoms with van der Waals surface area (Å²) in [4.78, 5) is 17.3. The highest BCUT2D eigenvalue weighted by atomic mass is 35.5. The molecule has 1 saturated carbocycles. The first kappa shape index (κ1) is 13.6. The Bertz CT molecular complexity index is 672. The molecule has 1 heterocycles. The van der Waals surface area contributed by atoms with Crippen molar-refractivity contribution in [2.24, 2.45) is 5.92 Å². The third-order valence-corrected chi connectivity index (χ3v) is 4.59. The van der Waals surface area contributed by atoms with Crippen LogP contribution in [0.1, 0.15) is 44.5 Å². The van der Waals surface area contributed by atoms with Gasteiger partial charge in [-0.3, -0.25) is 9.36 Å². The van der Waals surface area contributed by atoms with Crippen LogP contribution in [0.3, 0.4) is 0 Å². The Hall–Kier alpha value is -1.35. The molecule has 0 radical (unpaired) electrons. The maximum atomic E-state index is 12.8. The average molecular weight is 291 g/mol. The molecule has 3 rings (SSSR count). The molecule has 0 atom stereocenters. The molecule has 20 heavy (non-hydrogen) atoms. The van der Waals surface area contributed by atoms with Crippen molar-refractivity contribution in [1.82, 2.24) is 9.55 Å². The second kappa shape index (κ2) is 5.57. The monoisotopic (exact) mass is 290 g/mol. The smallest absolute Gasteiger partial charge is 0.261 e. The number of halogens is 1. The highest BCUT2D eigenvalue weighted by Gasteiger charge is 2.23. The van der Waals surface area contributed by atoms with Gasteiger partial charge in [-0.2, -0.15) is 0 Å². The van der Waals surface area contributed by atoms with Crippen LogP contribution in [0, 0.1) is 5.92 Å². The Kier molecular flexibility index (Phi) is 3.79. The van der Waals surface area contributed by atoms with Crippen molar-refractivity contribution in [3.05, 3.63) is 40.4 Å². The summed E-state index contributed by atoms with van der Waals surface area (Å²) >= 11 is 6.03. The third-order valence-electron chi connectivity index (χ3n) is 4.35. The summed E-state index contributed by atoms with van der Waals surface area (Å²) in [6.07, 6.45) is 4.44. The van der Waals surface area contributed by atoms with Crippen molar-refractivity contribution in [1.29, 1.82) is 0 Å². The van der Waals surface area contributed by atoms with E-state index in [1.807, 2.05) is 28.8 Å². The Morgan fingerprint density at radius 2 is 1.95 bits per heavy atom. The summed E-state index contributed by atoms with van der Waals surface area (Å²) in [6, 6.07) is 7.77. The molecular weight excluding hydrogens is 272 g/mol. The van der Waals surface area contributed by atoms with Gasteiger partial charge in [0.1, 0.15) is 5.82 Å². The number of hydrogen-bond donors (Lipinski definition) is 0. The fourth-order valence-electron chi connectivity index (χ4n) is 3.16. The zero-order chi connectivity index (χ0) is 14.1. The molecule has 2 aromatic rings. The summed E-state index contributed by atoms with van der Waals surface area (Å²) < 4.78 is 1.85. The fourth-order valence-corrected chi connectivity index (χ4v) is 3.35. The Labute approximate surface area is 123 Å². The topological polar surface area (TPSA) is 34.9 Å². The fraction of sp³-hybridized carbons (Fsp3) is 0.500. The molecule has 0 saturated heterocycles. The van der Waals surface area contributed by atoms with Gasteiger partial charge < -0.3 is 0 Å². The lowest BCUT2D eigenvalue weighted by atomic mass is 9.87. The molecule has 1 aromatic carbocycles. The second-order valence-corrected chi connectivity index (χ2v) is 6.03. The number of benzene rings is 1. The second-order valence-electron chi connectivity index (χ2n) is 5.77. The van der Waals surface area contributed by atoms with Gasteiger partial charge in [0.15, 0.2) is 0 Å². The predicted molar refractivity (Wildman–Crippen MR) is 82.2 cm³/mol. The van der Waals surface area contributed by atoms with Crippen LogP contribution in [0.25, 0.3) is 10.9 Å². The van der Waals surface area contributed by atoms with Gasteiger partial charge in [0.25, 0.3) is 5.56 Å². The van der Waals surface area contributed by atoms with E-state index in [9.17, 15) is 4.79 Å². The number of aromatic nitrogens is 2. The highest BCUT2D eigenvalue weighted by molar-refractivity contribution is 6.16. The number of alkyl halides is 1. The first-order valence-corrected chi connectivity index (χ1v) is 7.80. The standard InChI is InChI=1S/C16H19ClN2O/c1-11-6-8-12(9-7-11)19-15(10-17)18-14-5-3-2-4-13(14)16(19)20/h2-5,11-12H,6-10H2,1H3. The minimum atomic E-state index is 0.0609. The van der Waals surface area contributed by atoms with Gasteiger partial charge in [0.05, 0.1) is 16.8 Å². The summed E-state index contributed by atoms with van der Waals surface area (Å²) in [7, 11) is 0. The molecule has 1 aliphatic carbocycles. The van der Waals surface area contributed by atoms with Crippen LogP contribution in [-0.2, 0) is 5.88 Å². The first-order valence-electron chi connectivity index (χ1n) is 7.27. The van der Waals surface area contributed by atoms with Crippen LogP contribution in [0.15, 0.2) is 29.1 Å². The number of para-hydroxylation sites is 1. The van der Waals surface area contributed by atoms with Crippen molar-refractivity contribution in [2.75, 3.05) is 0 Å². The van der Waals surface area contributed by atoms with E-state index in [0.29, 0.717) is 11.2 Å². The quantitative estimate of drug-likeness (QED) is 0.787. The molecule has 1 fully saturated rings. The molecule has 4 heteroatoms. The lowest BCUT2D eigenvalue weighted by Gasteiger charge is -2.29. The number of rotatable bonds is 2. The molecule has 3 nitrogen and oxygen atoms in total. The molecule has 0 amide bonds. The Morgan fingerprint density at radius 1 is 1.25 bits per heavy atom. The summed E-state index contributed by atoms with van der Waals surface area (Å²) in [5, 5.41) is 0.694. The van der Waals surface area contributed by atoms with Gasteiger partial charge in [-0.15, -0.1) is 11.6 Å². The largest absolute Gasteiger partial charge is 0.292 e. The van der Waals surface area contributed by atoms with E-state index in [4.69, 9.17) is 11.6 Å². The van der Waals surface area contributed by atoms with Crippen LogP contribution < -0.4 is 5.56 Å². The normalized spacial score (nSPS) is 23.1. The van der Waals surface area contributed by atoms with E-state index in [1.54, 1.807) is 0 Å². The molecule has 1 aliphatic rings. The maximum Gasteiger partial charge on any atom is 0.261 e. The van der Waals surface area contributed by atoms with E-state index in [2.05, 4.69) is 11.9 Å². The van der Waals surface area contributed by atoms with Gasteiger partial charge >= 0.3 is 0 Å². The molecule has 0 N–H and O–H groups in total. The third kappa shape index (κ3) is 2.35. The summed E-state index contributed by atoms with van der Waals surface area (Å²) in [6.45, 7) is 2.28. The van der Waals surface area contributed by atoms with Gasteiger partial charge in [0.2, 0.25) is 0 Å². The van der Waals surface area contributed by atoms with Gasteiger partial charge in [-0.05, 0) is 43.7 Å². The molecule has 1 aromatic heterocycles. The first-order chi connectivity index (χ1) is 9.70. The number of fused-ring (bicyclic) bond motifs is 1. The van der Waals surface area contributed by atoms with E-state index >= 15 is 0 Å². The minimum Gasteiger partial charge on any atom is -0.292 e. The minimum absolute atomic E-state index is 0.0609. The van der Waals surface area contributed by atoms with E-state index in [1.165, 1.54) is 12.8 Å². The Morgan fingerprint density at radius 3 is 2.65 bits per heavy atom.